The highest BCUT2D eigenvalue weighted by Crippen LogP contribution is 2.36. The van der Waals surface area contributed by atoms with Gasteiger partial charge in [0.05, 0.1) is 17.4 Å². The second kappa shape index (κ2) is 7.71. The van der Waals surface area contributed by atoms with Gasteiger partial charge in [0.1, 0.15) is 22.7 Å². The number of ether oxygens (including phenoxy) is 1. The Morgan fingerprint density at radius 2 is 1.83 bits per heavy atom. The van der Waals surface area contributed by atoms with Gasteiger partial charge in [0.2, 0.25) is 0 Å². The molecule has 3 aromatic carbocycles. The number of rotatable bonds is 5. The molecule has 0 bridgehead atoms. The topological polar surface area (TPSA) is 98.1 Å². The number of hydrogen-bond donors (Lipinski definition) is 1. The molecule has 0 spiro atoms. The molecule has 7 nitrogen and oxygen atoms in total. The van der Waals surface area contributed by atoms with E-state index in [0.29, 0.717) is 22.3 Å². The number of nitrogens with zero attached hydrogens (tertiary/aromatic N) is 2. The number of hydrogen-bond acceptors (Lipinski definition) is 6. The first kappa shape index (κ1) is 19.2. The van der Waals surface area contributed by atoms with Crippen molar-refractivity contribution in [1.82, 2.24) is 0 Å². The maximum Gasteiger partial charge on any atom is 0.295 e. The minimum absolute atomic E-state index is 0.0741. The van der Waals surface area contributed by atoms with Crippen LogP contribution in [0.3, 0.4) is 0 Å². The van der Waals surface area contributed by atoms with Gasteiger partial charge in [-0.05, 0) is 55.0 Å². The Morgan fingerprint density at radius 1 is 1.10 bits per heavy atom. The molecule has 0 atom stereocenters. The Balaban J connectivity index is 1.97. The van der Waals surface area contributed by atoms with Crippen molar-refractivity contribution in [2.75, 3.05) is 7.11 Å². The summed E-state index contributed by atoms with van der Waals surface area (Å²) in [6.45, 7) is 1.77. The van der Waals surface area contributed by atoms with E-state index in [1.165, 1.54) is 6.07 Å². The van der Waals surface area contributed by atoms with E-state index in [9.17, 15) is 15.2 Å². The predicted molar refractivity (Wildman–Crippen MR) is 114 cm³/mol. The average Bonchev–Trinajstić information content (AvgIpc) is 3.09. The Morgan fingerprint density at radius 3 is 2.50 bits per heavy atom. The fourth-order valence-corrected chi connectivity index (χ4v) is 3.18. The summed E-state index contributed by atoms with van der Waals surface area (Å²) >= 11 is 0. The van der Waals surface area contributed by atoms with Crippen molar-refractivity contribution in [2.24, 2.45) is 4.99 Å². The number of para-hydroxylation sites is 1. The van der Waals surface area contributed by atoms with Crippen molar-refractivity contribution in [2.45, 2.75) is 6.92 Å². The minimum atomic E-state index is -0.476. The highest BCUT2D eigenvalue weighted by atomic mass is 16.6. The van der Waals surface area contributed by atoms with Crippen molar-refractivity contribution < 1.29 is 19.2 Å². The summed E-state index contributed by atoms with van der Waals surface area (Å²) in [6.07, 6.45) is 0. The van der Waals surface area contributed by atoms with Gasteiger partial charge in [-0.15, -0.1) is 0 Å². The SMILES string of the molecule is COc1ccc(C(=Nc2ccc(C)cc2[N+](=O)[O-])c2oc3ccccc3c2O)cc1. The Bertz CT molecular complexity index is 1270. The van der Waals surface area contributed by atoms with Crippen molar-refractivity contribution in [3.8, 4) is 11.5 Å². The molecule has 0 amide bonds. The maximum absolute atomic E-state index is 11.6. The van der Waals surface area contributed by atoms with E-state index in [-0.39, 0.29) is 28.6 Å². The number of fused-ring (bicyclic) bond motifs is 1. The van der Waals surface area contributed by atoms with Crippen LogP contribution < -0.4 is 4.74 Å². The third kappa shape index (κ3) is 3.48. The van der Waals surface area contributed by atoms with Gasteiger partial charge in [0.25, 0.3) is 5.69 Å². The van der Waals surface area contributed by atoms with E-state index in [4.69, 9.17) is 9.15 Å². The summed E-state index contributed by atoms with van der Waals surface area (Å²) in [5.74, 6) is 0.708. The zero-order chi connectivity index (χ0) is 21.3. The molecule has 150 valence electrons. The molecule has 0 aliphatic heterocycles. The van der Waals surface area contributed by atoms with Crippen LogP contribution in [0, 0.1) is 17.0 Å². The van der Waals surface area contributed by atoms with Crippen molar-refractivity contribution in [1.29, 1.82) is 0 Å². The van der Waals surface area contributed by atoms with Crippen LogP contribution in [0.25, 0.3) is 11.0 Å². The number of methoxy groups -OCH3 is 1. The van der Waals surface area contributed by atoms with E-state index in [0.717, 1.165) is 5.56 Å². The molecule has 0 saturated heterocycles. The number of aryl methyl sites for hydroxylation is 1. The maximum atomic E-state index is 11.6. The van der Waals surface area contributed by atoms with Crippen molar-refractivity contribution in [3.63, 3.8) is 0 Å². The summed E-state index contributed by atoms with van der Waals surface area (Å²) in [4.78, 5) is 15.6. The number of nitro benzene ring substituents is 1. The summed E-state index contributed by atoms with van der Waals surface area (Å²) in [6, 6.07) is 18.8. The lowest BCUT2D eigenvalue weighted by molar-refractivity contribution is -0.384. The van der Waals surface area contributed by atoms with Gasteiger partial charge in [-0.25, -0.2) is 4.99 Å². The monoisotopic (exact) mass is 402 g/mol. The first-order valence-corrected chi connectivity index (χ1v) is 9.17. The molecule has 1 N–H and O–H groups in total. The zero-order valence-electron chi connectivity index (χ0n) is 16.3. The largest absolute Gasteiger partial charge is 0.504 e. The van der Waals surface area contributed by atoms with Crippen LogP contribution in [-0.2, 0) is 0 Å². The highest BCUT2D eigenvalue weighted by Gasteiger charge is 2.22. The third-order valence-electron chi connectivity index (χ3n) is 4.71. The molecule has 0 aliphatic rings. The lowest BCUT2D eigenvalue weighted by atomic mass is 10.1. The van der Waals surface area contributed by atoms with Gasteiger partial charge in [-0.3, -0.25) is 10.1 Å². The van der Waals surface area contributed by atoms with Gasteiger partial charge in [-0.1, -0.05) is 18.2 Å². The highest BCUT2D eigenvalue weighted by molar-refractivity contribution is 6.16. The Kier molecular flexibility index (Phi) is 4.93. The lowest BCUT2D eigenvalue weighted by Crippen LogP contribution is -2.03. The van der Waals surface area contributed by atoms with Crippen LogP contribution in [0.5, 0.6) is 11.5 Å². The number of aliphatic imine (C=N–C) groups is 1. The molecular weight excluding hydrogens is 384 g/mol. The van der Waals surface area contributed by atoms with Gasteiger partial charge in [0, 0.05) is 11.6 Å². The molecule has 0 aliphatic carbocycles. The number of furan rings is 1. The van der Waals surface area contributed by atoms with Gasteiger partial charge in [0.15, 0.2) is 11.5 Å². The predicted octanol–water partition coefficient (Wildman–Crippen LogP) is 5.53. The van der Waals surface area contributed by atoms with Crippen LogP contribution in [0.15, 0.2) is 76.1 Å². The number of nitro groups is 1. The molecule has 30 heavy (non-hydrogen) atoms. The van der Waals surface area contributed by atoms with Crippen LogP contribution in [0.2, 0.25) is 0 Å². The number of aromatic hydroxyl groups is 1. The Hall–Kier alpha value is -4.13. The summed E-state index contributed by atoms with van der Waals surface area (Å²) in [5.41, 5.74) is 2.16. The van der Waals surface area contributed by atoms with Crippen LogP contribution in [-0.4, -0.2) is 22.9 Å². The summed E-state index contributed by atoms with van der Waals surface area (Å²) < 4.78 is 11.1. The zero-order valence-corrected chi connectivity index (χ0v) is 16.3. The molecule has 0 unspecified atom stereocenters. The minimum Gasteiger partial charge on any atom is -0.504 e. The quantitative estimate of drug-likeness (QED) is 0.269. The smallest absolute Gasteiger partial charge is 0.295 e. The molecule has 0 fully saturated rings. The molecule has 0 radical (unpaired) electrons. The fraction of sp³-hybridized carbons (Fsp3) is 0.0870. The standard InChI is InChI=1S/C23H18N2O5/c1-14-7-12-18(19(13-14)25(27)28)24-21(15-8-10-16(29-2)11-9-15)23-22(26)17-5-3-4-6-20(17)30-23/h3-13,26H,1-2H3. The van der Waals surface area contributed by atoms with Crippen molar-refractivity contribution >= 4 is 28.1 Å². The van der Waals surface area contributed by atoms with Gasteiger partial charge in [-0.2, -0.15) is 0 Å². The van der Waals surface area contributed by atoms with Crippen LogP contribution in [0.4, 0.5) is 11.4 Å². The van der Waals surface area contributed by atoms with Gasteiger partial charge >= 0.3 is 0 Å². The second-order valence-corrected chi connectivity index (χ2v) is 6.71. The second-order valence-electron chi connectivity index (χ2n) is 6.71. The van der Waals surface area contributed by atoms with Crippen LogP contribution in [0.1, 0.15) is 16.9 Å². The van der Waals surface area contributed by atoms with E-state index in [2.05, 4.69) is 4.99 Å². The average molecular weight is 402 g/mol. The number of benzene rings is 3. The van der Waals surface area contributed by atoms with E-state index >= 15 is 0 Å². The van der Waals surface area contributed by atoms with E-state index < -0.39 is 4.92 Å². The molecule has 4 rings (SSSR count). The summed E-state index contributed by atoms with van der Waals surface area (Å²) in [7, 11) is 1.56. The fourth-order valence-electron chi connectivity index (χ4n) is 3.18. The normalized spacial score (nSPS) is 11.6. The van der Waals surface area contributed by atoms with Gasteiger partial charge < -0.3 is 14.3 Å². The molecule has 4 aromatic rings. The first-order chi connectivity index (χ1) is 14.5. The van der Waals surface area contributed by atoms with Crippen molar-refractivity contribution in [3.05, 3.63) is 93.7 Å². The molecule has 7 heteroatoms. The van der Waals surface area contributed by atoms with E-state index in [1.807, 2.05) is 0 Å². The molecule has 1 aromatic heterocycles. The Labute approximate surface area is 172 Å². The molecular formula is C23H18N2O5. The van der Waals surface area contributed by atoms with E-state index in [1.54, 1.807) is 74.7 Å². The van der Waals surface area contributed by atoms with Crippen LogP contribution >= 0.6 is 0 Å². The summed E-state index contributed by atoms with van der Waals surface area (Å²) in [5, 5.41) is 22.9. The molecule has 0 saturated carbocycles. The third-order valence-corrected chi connectivity index (χ3v) is 4.71. The molecule has 1 heterocycles. The first-order valence-electron chi connectivity index (χ1n) is 9.17. The lowest BCUT2D eigenvalue weighted by Gasteiger charge is -2.07.